The Morgan fingerprint density at radius 1 is 1.33 bits per heavy atom. The number of aliphatic imine (C=N–C) groups is 1. The maximum absolute atomic E-state index is 12.6. The van der Waals surface area contributed by atoms with E-state index in [4.69, 9.17) is 0 Å². The highest BCUT2D eigenvalue weighted by atomic mass is 127. The van der Waals surface area contributed by atoms with Crippen molar-refractivity contribution >= 4 is 41.5 Å². The van der Waals surface area contributed by atoms with Gasteiger partial charge < -0.3 is 15.1 Å². The van der Waals surface area contributed by atoms with Crippen LogP contribution < -0.4 is 10.2 Å². The zero-order valence-corrected chi connectivity index (χ0v) is 18.9. The molecule has 1 atom stereocenters. The molecule has 2 aliphatic heterocycles. The van der Waals surface area contributed by atoms with E-state index in [-0.39, 0.29) is 29.9 Å². The molecule has 2 saturated heterocycles. The van der Waals surface area contributed by atoms with Gasteiger partial charge in [-0.25, -0.2) is 0 Å². The van der Waals surface area contributed by atoms with Crippen LogP contribution in [0.25, 0.3) is 0 Å². The van der Waals surface area contributed by atoms with E-state index in [9.17, 15) is 4.79 Å². The second-order valence-electron chi connectivity index (χ2n) is 7.19. The molecular formula is C18H32IN7O. The highest BCUT2D eigenvalue weighted by Gasteiger charge is 2.27. The van der Waals surface area contributed by atoms with Crippen molar-refractivity contribution in [1.29, 1.82) is 0 Å². The van der Waals surface area contributed by atoms with Gasteiger partial charge in [0.25, 0.3) is 0 Å². The summed E-state index contributed by atoms with van der Waals surface area (Å²) in [4.78, 5) is 23.3. The topological polar surface area (TPSA) is 69.0 Å². The lowest BCUT2D eigenvalue weighted by Crippen LogP contribution is -2.56. The van der Waals surface area contributed by atoms with Crippen LogP contribution in [0.1, 0.15) is 26.2 Å². The monoisotopic (exact) mass is 489 g/mol. The van der Waals surface area contributed by atoms with Crippen molar-refractivity contribution in [1.82, 2.24) is 24.9 Å². The van der Waals surface area contributed by atoms with Crippen molar-refractivity contribution in [2.75, 3.05) is 51.2 Å². The number of piperazine rings is 1. The summed E-state index contributed by atoms with van der Waals surface area (Å²) in [5, 5.41) is 7.59. The van der Waals surface area contributed by atoms with E-state index in [0.717, 1.165) is 31.3 Å². The van der Waals surface area contributed by atoms with Crippen molar-refractivity contribution < 1.29 is 4.79 Å². The summed E-state index contributed by atoms with van der Waals surface area (Å²) >= 11 is 0. The molecule has 3 heterocycles. The van der Waals surface area contributed by atoms with Crippen molar-refractivity contribution in [2.24, 2.45) is 12.0 Å². The Hall–Kier alpha value is -1.36. The lowest BCUT2D eigenvalue weighted by Gasteiger charge is -2.36. The first kappa shape index (κ1) is 21.9. The SMILES string of the molecule is CN=C(NCCN1CCCCC1C)N1CCN(c2cnn(C)c2)C(=O)C1.I. The largest absolute Gasteiger partial charge is 0.355 e. The van der Waals surface area contributed by atoms with Crippen molar-refractivity contribution in [2.45, 2.75) is 32.2 Å². The van der Waals surface area contributed by atoms with E-state index in [0.29, 0.717) is 19.1 Å². The number of carbonyl (C=O) groups is 1. The Morgan fingerprint density at radius 3 is 2.78 bits per heavy atom. The van der Waals surface area contributed by atoms with Crippen molar-refractivity contribution in [3.05, 3.63) is 12.4 Å². The van der Waals surface area contributed by atoms with Crippen LogP contribution in [0.3, 0.4) is 0 Å². The number of hydrogen-bond donors (Lipinski definition) is 1. The first-order chi connectivity index (χ1) is 12.6. The van der Waals surface area contributed by atoms with Crippen molar-refractivity contribution in [3.63, 3.8) is 0 Å². The molecule has 1 N–H and O–H groups in total. The first-order valence-electron chi connectivity index (χ1n) is 9.57. The molecule has 0 spiro atoms. The smallest absolute Gasteiger partial charge is 0.246 e. The number of carbonyl (C=O) groups excluding carboxylic acids is 1. The molecule has 1 aromatic rings. The highest BCUT2D eigenvalue weighted by molar-refractivity contribution is 14.0. The average molecular weight is 489 g/mol. The van der Waals surface area contributed by atoms with E-state index in [1.807, 2.05) is 18.1 Å². The number of amides is 1. The maximum Gasteiger partial charge on any atom is 0.246 e. The molecule has 152 valence electrons. The Bertz CT molecular complexity index is 647. The summed E-state index contributed by atoms with van der Waals surface area (Å²) in [5.41, 5.74) is 0.860. The quantitative estimate of drug-likeness (QED) is 0.391. The molecule has 1 aromatic heterocycles. The number of rotatable bonds is 4. The van der Waals surface area contributed by atoms with Gasteiger partial charge in [0, 0.05) is 52.5 Å². The minimum absolute atomic E-state index is 0. The van der Waals surface area contributed by atoms with E-state index in [1.54, 1.807) is 22.8 Å². The van der Waals surface area contributed by atoms with Gasteiger partial charge in [0.1, 0.15) is 6.54 Å². The number of guanidine groups is 1. The summed E-state index contributed by atoms with van der Waals surface area (Å²) in [6.07, 6.45) is 7.54. The number of hydrogen-bond acceptors (Lipinski definition) is 4. The van der Waals surface area contributed by atoms with Crippen LogP contribution in [-0.2, 0) is 11.8 Å². The Kier molecular flexibility index (Phi) is 8.33. The molecule has 0 bridgehead atoms. The van der Waals surface area contributed by atoms with Gasteiger partial charge in [0.15, 0.2) is 5.96 Å². The molecule has 0 aromatic carbocycles. The molecule has 3 rings (SSSR count). The van der Waals surface area contributed by atoms with E-state index < -0.39 is 0 Å². The van der Waals surface area contributed by atoms with Gasteiger partial charge >= 0.3 is 0 Å². The molecule has 1 amide bonds. The van der Waals surface area contributed by atoms with E-state index in [2.05, 4.69) is 27.2 Å². The van der Waals surface area contributed by atoms with Crippen LogP contribution in [-0.4, -0.2) is 83.8 Å². The molecule has 2 fully saturated rings. The molecule has 0 radical (unpaired) electrons. The number of likely N-dealkylation sites (tertiary alicyclic amines) is 1. The average Bonchev–Trinajstić information content (AvgIpc) is 3.06. The van der Waals surface area contributed by atoms with Gasteiger partial charge in [-0.15, -0.1) is 24.0 Å². The zero-order chi connectivity index (χ0) is 18.5. The minimum Gasteiger partial charge on any atom is -0.355 e. The van der Waals surface area contributed by atoms with Crippen LogP contribution in [0.4, 0.5) is 5.69 Å². The Labute approximate surface area is 179 Å². The molecule has 0 saturated carbocycles. The van der Waals surface area contributed by atoms with E-state index >= 15 is 0 Å². The summed E-state index contributed by atoms with van der Waals surface area (Å²) in [6, 6.07) is 0.664. The number of aromatic nitrogens is 2. The second-order valence-corrected chi connectivity index (χ2v) is 7.19. The number of halogens is 1. The Morgan fingerprint density at radius 2 is 2.15 bits per heavy atom. The van der Waals surface area contributed by atoms with Crippen LogP contribution in [0, 0.1) is 0 Å². The maximum atomic E-state index is 12.6. The molecule has 2 aliphatic rings. The summed E-state index contributed by atoms with van der Waals surface area (Å²) in [5.74, 6) is 0.894. The zero-order valence-electron chi connectivity index (χ0n) is 16.6. The fourth-order valence-corrected chi connectivity index (χ4v) is 3.81. The fraction of sp³-hybridized carbons (Fsp3) is 0.722. The Balaban J connectivity index is 0.00000261. The van der Waals surface area contributed by atoms with Gasteiger partial charge in [-0.2, -0.15) is 5.10 Å². The standard InChI is InChI=1S/C18H31N7O.HI/c1-15-6-4-5-8-23(15)9-7-20-18(19-2)24-10-11-25(17(26)14-24)16-12-21-22(3)13-16;/h12-13,15H,4-11,14H2,1-3H3,(H,19,20);1H. The van der Waals surface area contributed by atoms with Crippen molar-refractivity contribution in [3.8, 4) is 0 Å². The van der Waals surface area contributed by atoms with Gasteiger partial charge in [0.2, 0.25) is 5.91 Å². The van der Waals surface area contributed by atoms with Crippen LogP contribution in [0.15, 0.2) is 17.4 Å². The summed E-state index contributed by atoms with van der Waals surface area (Å²) in [6.45, 7) is 7.12. The third-order valence-corrected chi connectivity index (χ3v) is 5.36. The molecule has 0 aliphatic carbocycles. The summed E-state index contributed by atoms with van der Waals surface area (Å²) < 4.78 is 1.72. The predicted octanol–water partition coefficient (Wildman–Crippen LogP) is 1.14. The van der Waals surface area contributed by atoms with Gasteiger partial charge in [-0.05, 0) is 26.3 Å². The fourth-order valence-electron chi connectivity index (χ4n) is 3.81. The molecule has 1 unspecified atom stereocenters. The molecule has 27 heavy (non-hydrogen) atoms. The van der Waals surface area contributed by atoms with Gasteiger partial charge in [0.05, 0.1) is 11.9 Å². The van der Waals surface area contributed by atoms with E-state index in [1.165, 1.54) is 25.8 Å². The lowest BCUT2D eigenvalue weighted by molar-refractivity contribution is -0.120. The lowest BCUT2D eigenvalue weighted by atomic mass is 10.0. The third-order valence-electron chi connectivity index (χ3n) is 5.36. The van der Waals surface area contributed by atoms with Crippen LogP contribution in [0.2, 0.25) is 0 Å². The van der Waals surface area contributed by atoms with Gasteiger partial charge in [-0.1, -0.05) is 6.42 Å². The van der Waals surface area contributed by atoms with Gasteiger partial charge in [-0.3, -0.25) is 19.4 Å². The summed E-state index contributed by atoms with van der Waals surface area (Å²) in [7, 11) is 3.64. The number of nitrogens with one attached hydrogen (secondary N) is 1. The number of aryl methyl sites for hydroxylation is 1. The van der Waals surface area contributed by atoms with Crippen LogP contribution >= 0.6 is 24.0 Å². The normalized spacial score (nSPS) is 22.0. The number of nitrogens with zero attached hydrogens (tertiary/aromatic N) is 6. The second kappa shape index (κ2) is 10.3. The number of anilines is 1. The molecular weight excluding hydrogens is 457 g/mol. The predicted molar refractivity (Wildman–Crippen MR) is 119 cm³/mol. The minimum atomic E-state index is 0. The highest BCUT2D eigenvalue weighted by Crippen LogP contribution is 2.17. The molecule has 9 heteroatoms. The first-order valence-corrected chi connectivity index (χ1v) is 9.57. The number of piperidine rings is 1. The van der Waals surface area contributed by atoms with Crippen LogP contribution in [0.5, 0.6) is 0 Å². The third kappa shape index (κ3) is 5.56. The molecule has 8 nitrogen and oxygen atoms in total.